The molecule has 0 fully saturated rings. The maximum absolute atomic E-state index is 11.3. The number of carbonyl (C=O) groups is 1. The molecule has 3 nitrogen and oxygen atoms in total. The van der Waals surface area contributed by atoms with E-state index < -0.39 is 0 Å². The molecule has 0 heterocycles. The van der Waals surface area contributed by atoms with Crippen LogP contribution in [0.2, 0.25) is 0 Å². The van der Waals surface area contributed by atoms with Crippen molar-refractivity contribution >= 4 is 17.7 Å². The van der Waals surface area contributed by atoms with E-state index in [-0.39, 0.29) is 6.09 Å². The second kappa shape index (κ2) is 8.88. The summed E-state index contributed by atoms with van der Waals surface area (Å²) in [4.78, 5) is 11.3. The lowest BCUT2D eigenvalue weighted by atomic mass is 10.2. The van der Waals surface area contributed by atoms with E-state index in [1.165, 1.54) is 0 Å². The molecule has 0 unspecified atom stereocenters. The summed E-state index contributed by atoms with van der Waals surface area (Å²) in [6.07, 6.45) is 2.47. The molecule has 17 heavy (non-hydrogen) atoms. The fourth-order valence-electron chi connectivity index (χ4n) is 1.36. The summed E-state index contributed by atoms with van der Waals surface area (Å²) in [5.74, 6) is 0.667. The van der Waals surface area contributed by atoms with Crippen LogP contribution in [0.3, 0.4) is 0 Å². The molecule has 0 aliphatic rings. The number of amides is 1. The van der Waals surface area contributed by atoms with Gasteiger partial charge in [-0.1, -0.05) is 30.3 Å². The quantitative estimate of drug-likeness (QED) is 0.600. The van der Waals surface area contributed by atoms with E-state index in [0.29, 0.717) is 19.0 Å². The minimum absolute atomic E-state index is 0.361. The molecule has 4 heteroatoms. The molecule has 1 aromatic carbocycles. The van der Waals surface area contributed by atoms with Crippen molar-refractivity contribution in [2.75, 3.05) is 12.5 Å². The molecule has 94 valence electrons. The number of halogens is 1. The molecule has 0 aliphatic heterocycles. The van der Waals surface area contributed by atoms with Crippen molar-refractivity contribution in [3.05, 3.63) is 35.9 Å². The second-order valence-corrected chi connectivity index (χ2v) is 4.10. The molecule has 0 spiro atoms. The van der Waals surface area contributed by atoms with E-state index in [9.17, 15) is 4.79 Å². The number of unbranched alkanes of at least 4 members (excludes halogenated alkanes) is 2. The molecule has 0 bridgehead atoms. The van der Waals surface area contributed by atoms with Gasteiger partial charge in [-0.3, -0.25) is 0 Å². The lowest BCUT2D eigenvalue weighted by molar-refractivity contribution is 0.143. The van der Waals surface area contributed by atoms with Crippen LogP contribution in [-0.2, 0) is 11.3 Å². The van der Waals surface area contributed by atoms with Crippen LogP contribution >= 0.6 is 11.6 Å². The van der Waals surface area contributed by atoms with Gasteiger partial charge < -0.3 is 10.1 Å². The Morgan fingerprint density at radius 1 is 1.18 bits per heavy atom. The number of benzene rings is 1. The lowest BCUT2D eigenvalue weighted by Gasteiger charge is -2.06. The van der Waals surface area contributed by atoms with Crippen molar-refractivity contribution in [2.24, 2.45) is 0 Å². The van der Waals surface area contributed by atoms with E-state index >= 15 is 0 Å². The first-order valence-electron chi connectivity index (χ1n) is 5.83. The number of ether oxygens (including phenoxy) is 1. The molecule has 1 aromatic rings. The third-order valence-electron chi connectivity index (χ3n) is 2.29. The molecule has 1 N–H and O–H groups in total. The van der Waals surface area contributed by atoms with Gasteiger partial charge in [0, 0.05) is 12.4 Å². The van der Waals surface area contributed by atoms with E-state index in [1.807, 2.05) is 30.3 Å². The number of carbonyl (C=O) groups excluding carboxylic acids is 1. The Morgan fingerprint density at radius 2 is 1.94 bits per heavy atom. The highest BCUT2D eigenvalue weighted by Gasteiger charge is 2.00. The number of alkyl halides is 1. The highest BCUT2D eigenvalue weighted by atomic mass is 35.5. The molecular formula is C13H18ClNO2. The Bertz CT molecular complexity index is 316. The summed E-state index contributed by atoms with van der Waals surface area (Å²) < 4.78 is 5.02. The van der Waals surface area contributed by atoms with Gasteiger partial charge in [0.15, 0.2) is 0 Å². The minimum atomic E-state index is -0.361. The van der Waals surface area contributed by atoms with Crippen molar-refractivity contribution in [3.63, 3.8) is 0 Å². The lowest BCUT2D eigenvalue weighted by Crippen LogP contribution is -2.24. The summed E-state index contributed by atoms with van der Waals surface area (Å²) >= 11 is 5.54. The fourth-order valence-corrected chi connectivity index (χ4v) is 1.55. The maximum atomic E-state index is 11.3. The zero-order valence-electron chi connectivity index (χ0n) is 9.82. The zero-order chi connectivity index (χ0) is 12.3. The van der Waals surface area contributed by atoms with Gasteiger partial charge in [-0.2, -0.15) is 0 Å². The average molecular weight is 256 g/mol. The van der Waals surface area contributed by atoms with E-state index in [4.69, 9.17) is 16.3 Å². The van der Waals surface area contributed by atoms with Crippen LogP contribution < -0.4 is 5.32 Å². The predicted octanol–water partition coefficient (Wildman–Crippen LogP) is 3.32. The zero-order valence-corrected chi connectivity index (χ0v) is 10.6. The summed E-state index contributed by atoms with van der Waals surface area (Å²) in [7, 11) is 0. The Kier molecular flexibility index (Phi) is 7.23. The Labute approximate surface area is 107 Å². The standard InChI is InChI=1S/C13H18ClNO2/c14-9-5-2-6-10-17-13(16)15-11-12-7-3-1-4-8-12/h1,3-4,7-8H,2,5-6,9-11H2,(H,15,16). The fraction of sp³-hybridized carbons (Fsp3) is 0.462. The van der Waals surface area contributed by atoms with Gasteiger partial charge in [0.05, 0.1) is 6.61 Å². The van der Waals surface area contributed by atoms with E-state index in [0.717, 1.165) is 24.8 Å². The van der Waals surface area contributed by atoms with E-state index in [2.05, 4.69) is 5.32 Å². The topological polar surface area (TPSA) is 38.3 Å². The maximum Gasteiger partial charge on any atom is 0.407 e. The van der Waals surface area contributed by atoms with Crippen LogP contribution in [0, 0.1) is 0 Å². The minimum Gasteiger partial charge on any atom is -0.450 e. The number of rotatable bonds is 7. The molecule has 1 rings (SSSR count). The first-order valence-corrected chi connectivity index (χ1v) is 6.37. The van der Waals surface area contributed by atoms with E-state index in [1.54, 1.807) is 0 Å². The molecular weight excluding hydrogens is 238 g/mol. The molecule has 0 atom stereocenters. The number of alkyl carbamates (subject to hydrolysis) is 1. The highest BCUT2D eigenvalue weighted by Crippen LogP contribution is 1.99. The Balaban J connectivity index is 2.05. The van der Waals surface area contributed by atoms with Gasteiger partial charge >= 0.3 is 6.09 Å². The van der Waals surface area contributed by atoms with Crippen LogP contribution in [0.4, 0.5) is 4.79 Å². The van der Waals surface area contributed by atoms with Crippen LogP contribution in [0.25, 0.3) is 0 Å². The molecule has 0 saturated heterocycles. The number of nitrogens with one attached hydrogen (secondary N) is 1. The summed E-state index contributed by atoms with van der Waals surface area (Å²) in [5.41, 5.74) is 1.06. The molecule has 1 amide bonds. The monoisotopic (exact) mass is 255 g/mol. The van der Waals surface area contributed by atoms with Crippen molar-refractivity contribution < 1.29 is 9.53 Å². The van der Waals surface area contributed by atoms with Crippen LogP contribution in [-0.4, -0.2) is 18.6 Å². The normalized spacial score (nSPS) is 9.94. The number of hydrogen-bond donors (Lipinski definition) is 1. The van der Waals surface area contributed by atoms with Crippen LogP contribution in [0.1, 0.15) is 24.8 Å². The largest absolute Gasteiger partial charge is 0.450 e. The van der Waals surface area contributed by atoms with Crippen molar-refractivity contribution in [3.8, 4) is 0 Å². The highest BCUT2D eigenvalue weighted by molar-refractivity contribution is 6.17. The van der Waals surface area contributed by atoms with Crippen molar-refractivity contribution in [1.82, 2.24) is 5.32 Å². The second-order valence-electron chi connectivity index (χ2n) is 3.72. The average Bonchev–Trinajstić information content (AvgIpc) is 2.37. The van der Waals surface area contributed by atoms with Gasteiger partial charge in [0.2, 0.25) is 0 Å². The van der Waals surface area contributed by atoms with Gasteiger partial charge in [0.25, 0.3) is 0 Å². The van der Waals surface area contributed by atoms with Gasteiger partial charge in [-0.25, -0.2) is 4.79 Å². The molecule has 0 radical (unpaired) electrons. The molecule has 0 aliphatic carbocycles. The molecule has 0 aromatic heterocycles. The number of hydrogen-bond acceptors (Lipinski definition) is 2. The smallest absolute Gasteiger partial charge is 0.407 e. The van der Waals surface area contributed by atoms with Crippen molar-refractivity contribution in [1.29, 1.82) is 0 Å². The third-order valence-corrected chi connectivity index (χ3v) is 2.56. The van der Waals surface area contributed by atoms with Crippen LogP contribution in [0.15, 0.2) is 30.3 Å². The SMILES string of the molecule is O=C(NCc1ccccc1)OCCCCCCl. The molecule has 0 saturated carbocycles. The van der Waals surface area contributed by atoms with Gasteiger partial charge in [0.1, 0.15) is 0 Å². The van der Waals surface area contributed by atoms with Gasteiger partial charge in [-0.05, 0) is 24.8 Å². The first kappa shape index (κ1) is 13.8. The Morgan fingerprint density at radius 3 is 2.65 bits per heavy atom. The van der Waals surface area contributed by atoms with Crippen molar-refractivity contribution in [2.45, 2.75) is 25.8 Å². The predicted molar refractivity (Wildman–Crippen MR) is 69.2 cm³/mol. The summed E-state index contributed by atoms with van der Waals surface area (Å²) in [6.45, 7) is 0.957. The summed E-state index contributed by atoms with van der Waals surface area (Å²) in [5, 5.41) is 2.70. The Hall–Kier alpha value is -1.22. The first-order chi connectivity index (χ1) is 8.33. The van der Waals surface area contributed by atoms with Crippen LogP contribution in [0.5, 0.6) is 0 Å². The third kappa shape index (κ3) is 6.84. The van der Waals surface area contributed by atoms with Gasteiger partial charge in [-0.15, -0.1) is 11.6 Å². The summed E-state index contributed by atoms with van der Waals surface area (Å²) in [6, 6.07) is 9.74.